The molecular weight excluding hydrogens is 262 g/mol. The predicted octanol–water partition coefficient (Wildman–Crippen LogP) is 3.72. The highest BCUT2D eigenvalue weighted by molar-refractivity contribution is 5.70. The summed E-state index contributed by atoms with van der Waals surface area (Å²) in [5, 5.41) is 8.26. The molecule has 0 saturated heterocycles. The van der Waals surface area contributed by atoms with Crippen molar-refractivity contribution in [3.8, 4) is 17.1 Å². The van der Waals surface area contributed by atoms with Gasteiger partial charge in [-0.05, 0) is 49.6 Å². The highest BCUT2D eigenvalue weighted by Crippen LogP contribution is 2.35. The van der Waals surface area contributed by atoms with Gasteiger partial charge in [-0.1, -0.05) is 12.1 Å². The van der Waals surface area contributed by atoms with Gasteiger partial charge in [-0.2, -0.15) is 5.10 Å². The van der Waals surface area contributed by atoms with Gasteiger partial charge >= 0.3 is 0 Å². The second-order valence-electron chi connectivity index (χ2n) is 5.46. The lowest BCUT2D eigenvalue weighted by atomic mass is 10.1. The van der Waals surface area contributed by atoms with Gasteiger partial charge in [-0.3, -0.25) is 0 Å². The van der Waals surface area contributed by atoms with Gasteiger partial charge in [0.1, 0.15) is 11.5 Å². The molecule has 0 saturated carbocycles. The Hall–Kier alpha value is -2.49. The molecule has 0 spiro atoms. The molecule has 4 heteroatoms. The average molecular weight is 279 g/mol. The van der Waals surface area contributed by atoms with Crippen LogP contribution in [-0.2, 0) is 6.42 Å². The quantitative estimate of drug-likeness (QED) is 0.777. The van der Waals surface area contributed by atoms with Crippen LogP contribution in [0.4, 0.5) is 5.82 Å². The van der Waals surface area contributed by atoms with Gasteiger partial charge in [0, 0.05) is 12.1 Å². The minimum atomic E-state index is 0.832. The largest absolute Gasteiger partial charge is 0.463 e. The Morgan fingerprint density at radius 2 is 2.10 bits per heavy atom. The SMILES string of the molecule is Cc1cccc(-n2nc(-c3ccco3)c3c2NCC3)c1C. The summed E-state index contributed by atoms with van der Waals surface area (Å²) in [7, 11) is 0. The molecule has 1 aliphatic heterocycles. The molecule has 106 valence electrons. The van der Waals surface area contributed by atoms with Crippen LogP contribution in [0.15, 0.2) is 41.0 Å². The van der Waals surface area contributed by atoms with Gasteiger partial charge in [0.05, 0.1) is 12.0 Å². The molecule has 0 aliphatic carbocycles. The van der Waals surface area contributed by atoms with Crippen LogP contribution in [0.25, 0.3) is 17.1 Å². The topological polar surface area (TPSA) is 43.0 Å². The third-order valence-electron chi connectivity index (χ3n) is 4.21. The average Bonchev–Trinajstić information content (AvgIpc) is 3.17. The van der Waals surface area contributed by atoms with Crippen LogP contribution < -0.4 is 5.32 Å². The summed E-state index contributed by atoms with van der Waals surface area (Å²) in [5.41, 5.74) is 5.84. The molecule has 2 aromatic heterocycles. The van der Waals surface area contributed by atoms with Crippen molar-refractivity contribution in [1.82, 2.24) is 9.78 Å². The van der Waals surface area contributed by atoms with Crippen LogP contribution in [0.3, 0.4) is 0 Å². The Bertz CT molecular complexity index is 800. The summed E-state index contributed by atoms with van der Waals surface area (Å²) in [6.45, 7) is 5.22. The van der Waals surface area contributed by atoms with Crippen LogP contribution in [0.2, 0.25) is 0 Å². The van der Waals surface area contributed by atoms with Crippen molar-refractivity contribution in [2.45, 2.75) is 20.3 Å². The molecule has 1 aliphatic rings. The molecule has 21 heavy (non-hydrogen) atoms. The van der Waals surface area contributed by atoms with Crippen molar-refractivity contribution in [1.29, 1.82) is 0 Å². The van der Waals surface area contributed by atoms with Crippen molar-refractivity contribution >= 4 is 5.82 Å². The number of hydrogen-bond acceptors (Lipinski definition) is 3. The van der Waals surface area contributed by atoms with Crippen molar-refractivity contribution in [3.05, 3.63) is 53.3 Å². The molecule has 0 fully saturated rings. The van der Waals surface area contributed by atoms with E-state index in [4.69, 9.17) is 9.52 Å². The number of nitrogens with one attached hydrogen (secondary N) is 1. The van der Waals surface area contributed by atoms with E-state index in [-0.39, 0.29) is 0 Å². The second-order valence-corrected chi connectivity index (χ2v) is 5.46. The minimum Gasteiger partial charge on any atom is -0.463 e. The number of furan rings is 1. The van der Waals surface area contributed by atoms with E-state index in [2.05, 4.69) is 37.4 Å². The number of aromatic nitrogens is 2. The summed E-state index contributed by atoms with van der Waals surface area (Å²) >= 11 is 0. The lowest BCUT2D eigenvalue weighted by molar-refractivity contribution is 0.578. The van der Waals surface area contributed by atoms with Gasteiger partial charge in [-0.25, -0.2) is 4.68 Å². The highest BCUT2D eigenvalue weighted by Gasteiger charge is 2.25. The van der Waals surface area contributed by atoms with E-state index in [1.807, 2.05) is 16.8 Å². The van der Waals surface area contributed by atoms with E-state index in [9.17, 15) is 0 Å². The van der Waals surface area contributed by atoms with Crippen molar-refractivity contribution < 1.29 is 4.42 Å². The monoisotopic (exact) mass is 279 g/mol. The fourth-order valence-corrected chi connectivity index (χ4v) is 2.93. The first-order valence-corrected chi connectivity index (χ1v) is 7.22. The summed E-state index contributed by atoms with van der Waals surface area (Å²) in [6, 6.07) is 10.2. The Morgan fingerprint density at radius 1 is 1.19 bits per heavy atom. The highest BCUT2D eigenvalue weighted by atomic mass is 16.3. The normalized spacial score (nSPS) is 13.2. The van der Waals surface area contributed by atoms with E-state index in [0.717, 1.165) is 35.9 Å². The number of rotatable bonds is 2. The van der Waals surface area contributed by atoms with Crippen LogP contribution in [0.5, 0.6) is 0 Å². The standard InChI is InChI=1S/C17H17N3O/c1-11-5-3-6-14(12(11)2)20-17-13(8-9-18-17)16(19-20)15-7-4-10-21-15/h3-7,10,18H,8-9H2,1-2H3. The first-order chi connectivity index (χ1) is 10.3. The van der Waals surface area contributed by atoms with Crippen molar-refractivity contribution in [2.75, 3.05) is 11.9 Å². The number of anilines is 1. The molecule has 3 aromatic rings. The number of aryl methyl sites for hydroxylation is 1. The number of fused-ring (bicyclic) bond motifs is 1. The maximum Gasteiger partial charge on any atom is 0.154 e. The minimum absolute atomic E-state index is 0.832. The molecule has 4 nitrogen and oxygen atoms in total. The zero-order chi connectivity index (χ0) is 14.4. The Morgan fingerprint density at radius 3 is 2.90 bits per heavy atom. The molecule has 0 atom stereocenters. The smallest absolute Gasteiger partial charge is 0.154 e. The fourth-order valence-electron chi connectivity index (χ4n) is 2.93. The van der Waals surface area contributed by atoms with Crippen LogP contribution in [0, 0.1) is 13.8 Å². The van der Waals surface area contributed by atoms with E-state index in [1.165, 1.54) is 16.7 Å². The van der Waals surface area contributed by atoms with Crippen molar-refractivity contribution in [3.63, 3.8) is 0 Å². The van der Waals surface area contributed by atoms with Crippen LogP contribution in [0.1, 0.15) is 16.7 Å². The second kappa shape index (κ2) is 4.52. The Labute approximate surface area is 123 Å². The number of nitrogens with zero attached hydrogens (tertiary/aromatic N) is 2. The third-order valence-corrected chi connectivity index (χ3v) is 4.21. The molecule has 0 radical (unpaired) electrons. The van der Waals surface area contributed by atoms with Gasteiger partial charge in [0.2, 0.25) is 0 Å². The molecule has 4 rings (SSSR count). The summed E-state index contributed by atoms with van der Waals surface area (Å²) in [6.07, 6.45) is 2.68. The van der Waals surface area contributed by atoms with Gasteiger partial charge < -0.3 is 9.73 Å². The number of hydrogen-bond donors (Lipinski definition) is 1. The molecule has 1 aromatic carbocycles. The predicted molar refractivity (Wildman–Crippen MR) is 82.9 cm³/mol. The van der Waals surface area contributed by atoms with Crippen LogP contribution in [-0.4, -0.2) is 16.3 Å². The summed E-state index contributed by atoms with van der Waals surface area (Å²) < 4.78 is 7.56. The van der Waals surface area contributed by atoms with Gasteiger partial charge in [0.25, 0.3) is 0 Å². The van der Waals surface area contributed by atoms with E-state index in [0.29, 0.717) is 0 Å². The van der Waals surface area contributed by atoms with Gasteiger partial charge in [0.15, 0.2) is 5.76 Å². The zero-order valence-corrected chi connectivity index (χ0v) is 12.2. The third kappa shape index (κ3) is 1.79. The maximum atomic E-state index is 5.54. The van der Waals surface area contributed by atoms with Crippen LogP contribution >= 0.6 is 0 Å². The molecule has 1 N–H and O–H groups in total. The molecule has 0 unspecified atom stereocenters. The van der Waals surface area contributed by atoms with E-state index in [1.54, 1.807) is 6.26 Å². The lowest BCUT2D eigenvalue weighted by Crippen LogP contribution is -2.06. The maximum absolute atomic E-state index is 5.54. The first kappa shape index (κ1) is 12.3. The summed E-state index contributed by atoms with van der Waals surface area (Å²) in [4.78, 5) is 0. The van der Waals surface area contributed by atoms with Gasteiger partial charge in [-0.15, -0.1) is 0 Å². The number of benzene rings is 1. The summed E-state index contributed by atoms with van der Waals surface area (Å²) in [5.74, 6) is 1.93. The Kier molecular flexibility index (Phi) is 2.64. The first-order valence-electron chi connectivity index (χ1n) is 7.22. The lowest BCUT2D eigenvalue weighted by Gasteiger charge is -2.11. The zero-order valence-electron chi connectivity index (χ0n) is 12.2. The molecule has 0 amide bonds. The fraction of sp³-hybridized carbons (Fsp3) is 0.235. The molecular formula is C17H17N3O. The van der Waals surface area contributed by atoms with E-state index < -0.39 is 0 Å². The Balaban J connectivity index is 1.95. The van der Waals surface area contributed by atoms with Crippen molar-refractivity contribution in [2.24, 2.45) is 0 Å². The van der Waals surface area contributed by atoms with E-state index >= 15 is 0 Å². The molecule has 0 bridgehead atoms. The molecule has 3 heterocycles.